The predicted octanol–water partition coefficient (Wildman–Crippen LogP) is 3.55. The molecule has 0 aliphatic carbocycles. The summed E-state index contributed by atoms with van der Waals surface area (Å²) < 4.78 is 14.9. The predicted molar refractivity (Wildman–Crippen MR) is 91.0 cm³/mol. The normalized spacial score (nSPS) is 12.2. The van der Waals surface area contributed by atoms with E-state index in [0.717, 1.165) is 21.6 Å². The summed E-state index contributed by atoms with van der Waals surface area (Å²) >= 11 is 1.51. The van der Waals surface area contributed by atoms with Crippen LogP contribution in [0.5, 0.6) is 0 Å². The molecule has 3 rings (SSSR count). The second kappa shape index (κ2) is 7.11. The minimum Gasteiger partial charge on any atom is -0.265 e. The maximum atomic E-state index is 13.1. The van der Waals surface area contributed by atoms with Crippen LogP contribution >= 0.6 is 11.3 Å². The van der Waals surface area contributed by atoms with Crippen LogP contribution in [-0.4, -0.2) is 22.4 Å². The van der Waals surface area contributed by atoms with Gasteiger partial charge in [0, 0.05) is 29.9 Å². The Morgan fingerprint density at radius 2 is 1.91 bits per heavy atom. The van der Waals surface area contributed by atoms with E-state index in [-0.39, 0.29) is 5.82 Å². The highest BCUT2D eigenvalue weighted by Crippen LogP contribution is 2.20. The van der Waals surface area contributed by atoms with Crippen LogP contribution in [-0.2, 0) is 0 Å². The SMILES string of the molecule is CCN=c1scc(-c2ccc(F)cc2)n1N=Cc1ccncc1. The van der Waals surface area contributed by atoms with Crippen molar-refractivity contribution in [1.82, 2.24) is 9.66 Å². The number of rotatable bonds is 4. The molecule has 116 valence electrons. The molecule has 2 aromatic heterocycles. The van der Waals surface area contributed by atoms with Crippen LogP contribution in [0.3, 0.4) is 0 Å². The molecule has 0 aliphatic rings. The number of hydrogen-bond donors (Lipinski definition) is 0. The highest BCUT2D eigenvalue weighted by atomic mass is 32.1. The lowest BCUT2D eigenvalue weighted by Gasteiger charge is -2.03. The Kier molecular flexibility index (Phi) is 4.73. The zero-order chi connectivity index (χ0) is 16.1. The summed E-state index contributed by atoms with van der Waals surface area (Å²) in [6.45, 7) is 2.66. The summed E-state index contributed by atoms with van der Waals surface area (Å²) in [5.74, 6) is -0.255. The molecule has 23 heavy (non-hydrogen) atoms. The minimum absolute atomic E-state index is 0.255. The van der Waals surface area contributed by atoms with Crippen molar-refractivity contribution in [2.24, 2.45) is 10.1 Å². The van der Waals surface area contributed by atoms with Crippen molar-refractivity contribution in [3.8, 4) is 11.3 Å². The first-order chi connectivity index (χ1) is 11.3. The van der Waals surface area contributed by atoms with E-state index < -0.39 is 0 Å². The molecular formula is C17H15FN4S. The fraction of sp³-hybridized carbons (Fsp3) is 0.118. The van der Waals surface area contributed by atoms with Crippen LogP contribution < -0.4 is 4.80 Å². The van der Waals surface area contributed by atoms with Gasteiger partial charge in [0.25, 0.3) is 0 Å². The first-order valence-electron chi connectivity index (χ1n) is 7.19. The first-order valence-corrected chi connectivity index (χ1v) is 8.07. The standard InChI is InChI=1S/C17H15FN4S/c1-2-20-17-22(21-11-13-7-9-19-10-8-13)16(12-23-17)14-3-5-15(18)6-4-14/h3-12H,2H2,1H3. The third-order valence-corrected chi connectivity index (χ3v) is 4.00. The van der Waals surface area contributed by atoms with Crippen LogP contribution in [0.15, 0.2) is 64.3 Å². The topological polar surface area (TPSA) is 42.5 Å². The Morgan fingerprint density at radius 3 is 2.61 bits per heavy atom. The molecule has 0 N–H and O–H groups in total. The number of halogens is 1. The van der Waals surface area contributed by atoms with E-state index in [4.69, 9.17) is 0 Å². The quantitative estimate of drug-likeness (QED) is 0.676. The molecule has 0 atom stereocenters. The fourth-order valence-corrected chi connectivity index (χ4v) is 2.95. The van der Waals surface area contributed by atoms with Gasteiger partial charge in [-0.25, -0.2) is 9.07 Å². The molecule has 0 amide bonds. The summed E-state index contributed by atoms with van der Waals surface area (Å²) in [6, 6.07) is 10.1. The summed E-state index contributed by atoms with van der Waals surface area (Å²) in [5, 5.41) is 6.52. The van der Waals surface area contributed by atoms with Crippen LogP contribution in [0.4, 0.5) is 4.39 Å². The maximum Gasteiger partial charge on any atom is 0.206 e. The zero-order valence-electron chi connectivity index (χ0n) is 12.6. The molecule has 4 nitrogen and oxygen atoms in total. The Hall–Kier alpha value is -2.60. The molecule has 0 bridgehead atoms. The summed E-state index contributed by atoms with van der Waals surface area (Å²) in [5.41, 5.74) is 2.73. The molecule has 1 aromatic carbocycles. The maximum absolute atomic E-state index is 13.1. The number of thiazole rings is 1. The van der Waals surface area contributed by atoms with Crippen molar-refractivity contribution in [3.05, 3.63) is 70.4 Å². The summed E-state index contributed by atoms with van der Waals surface area (Å²) in [6.07, 6.45) is 5.20. The van der Waals surface area contributed by atoms with Crippen molar-refractivity contribution in [1.29, 1.82) is 0 Å². The highest BCUT2D eigenvalue weighted by molar-refractivity contribution is 7.07. The van der Waals surface area contributed by atoms with Gasteiger partial charge in [0.05, 0.1) is 11.9 Å². The van der Waals surface area contributed by atoms with E-state index in [0.29, 0.717) is 6.54 Å². The lowest BCUT2D eigenvalue weighted by atomic mass is 10.2. The van der Waals surface area contributed by atoms with Crippen LogP contribution in [0.1, 0.15) is 12.5 Å². The Balaban J connectivity index is 2.06. The Morgan fingerprint density at radius 1 is 1.17 bits per heavy atom. The van der Waals surface area contributed by atoms with Crippen molar-refractivity contribution in [2.45, 2.75) is 6.92 Å². The molecule has 0 fully saturated rings. The first kappa shape index (κ1) is 15.3. The molecule has 0 aliphatic heterocycles. The second-order valence-corrected chi connectivity index (χ2v) is 5.56. The average Bonchev–Trinajstić information content (AvgIpc) is 2.98. The van der Waals surface area contributed by atoms with Crippen molar-refractivity contribution in [2.75, 3.05) is 6.54 Å². The van der Waals surface area contributed by atoms with Gasteiger partial charge in [-0.05, 0) is 48.9 Å². The Labute approximate surface area is 137 Å². The second-order valence-electron chi connectivity index (χ2n) is 4.72. The smallest absolute Gasteiger partial charge is 0.206 e. The molecule has 0 spiro atoms. The molecule has 0 radical (unpaired) electrons. The average molecular weight is 326 g/mol. The van der Waals surface area contributed by atoms with Gasteiger partial charge in [-0.2, -0.15) is 5.10 Å². The number of nitrogens with zero attached hydrogens (tertiary/aromatic N) is 4. The van der Waals surface area contributed by atoms with Gasteiger partial charge in [0.2, 0.25) is 4.80 Å². The number of hydrogen-bond acceptors (Lipinski definition) is 4. The lowest BCUT2D eigenvalue weighted by molar-refractivity contribution is 0.628. The monoisotopic (exact) mass is 326 g/mol. The van der Waals surface area contributed by atoms with Crippen LogP contribution in [0.25, 0.3) is 11.3 Å². The van der Waals surface area contributed by atoms with E-state index in [9.17, 15) is 4.39 Å². The molecule has 2 heterocycles. The Bertz CT molecular complexity index is 864. The minimum atomic E-state index is -0.255. The van der Waals surface area contributed by atoms with Gasteiger partial charge >= 0.3 is 0 Å². The van der Waals surface area contributed by atoms with Crippen LogP contribution in [0.2, 0.25) is 0 Å². The van der Waals surface area contributed by atoms with E-state index >= 15 is 0 Å². The fourth-order valence-electron chi connectivity index (χ4n) is 2.05. The van der Waals surface area contributed by atoms with Crippen molar-refractivity contribution >= 4 is 17.6 Å². The number of benzene rings is 1. The molecule has 3 aromatic rings. The van der Waals surface area contributed by atoms with E-state index in [2.05, 4.69) is 15.1 Å². The molecule has 0 saturated heterocycles. The number of aromatic nitrogens is 2. The lowest BCUT2D eigenvalue weighted by Crippen LogP contribution is -2.12. The van der Waals surface area contributed by atoms with E-state index in [1.807, 2.05) is 24.4 Å². The third kappa shape index (κ3) is 3.60. The van der Waals surface area contributed by atoms with E-state index in [1.54, 1.807) is 35.4 Å². The van der Waals surface area contributed by atoms with Crippen molar-refractivity contribution in [3.63, 3.8) is 0 Å². The van der Waals surface area contributed by atoms with E-state index in [1.165, 1.54) is 23.5 Å². The molecule has 0 saturated carbocycles. The van der Waals surface area contributed by atoms with Gasteiger partial charge in [-0.1, -0.05) is 0 Å². The van der Waals surface area contributed by atoms with Crippen molar-refractivity contribution < 1.29 is 4.39 Å². The number of pyridine rings is 1. The largest absolute Gasteiger partial charge is 0.265 e. The van der Waals surface area contributed by atoms with Gasteiger partial charge < -0.3 is 0 Å². The molecular weight excluding hydrogens is 311 g/mol. The molecule has 0 unspecified atom stereocenters. The highest BCUT2D eigenvalue weighted by Gasteiger charge is 2.07. The molecule has 6 heteroatoms. The van der Waals surface area contributed by atoms with Gasteiger partial charge in [0.15, 0.2) is 0 Å². The van der Waals surface area contributed by atoms with Gasteiger partial charge in [0.1, 0.15) is 5.82 Å². The van der Waals surface area contributed by atoms with Gasteiger partial charge in [-0.3, -0.25) is 9.98 Å². The summed E-state index contributed by atoms with van der Waals surface area (Å²) in [4.78, 5) is 9.26. The van der Waals surface area contributed by atoms with Gasteiger partial charge in [-0.15, -0.1) is 11.3 Å². The third-order valence-electron chi connectivity index (χ3n) is 3.15. The summed E-state index contributed by atoms with van der Waals surface area (Å²) in [7, 11) is 0. The zero-order valence-corrected chi connectivity index (χ0v) is 13.4. The van der Waals surface area contributed by atoms with Crippen LogP contribution in [0, 0.1) is 5.82 Å².